The number of rotatable bonds is 8. The predicted molar refractivity (Wildman–Crippen MR) is 142 cm³/mol. The van der Waals surface area contributed by atoms with Crippen LogP contribution in [0.5, 0.6) is 5.75 Å². The lowest BCUT2D eigenvalue weighted by Gasteiger charge is -2.34. The monoisotopic (exact) mass is 495 g/mol. The number of amides is 1. The van der Waals surface area contributed by atoms with E-state index in [0.717, 1.165) is 63.2 Å². The van der Waals surface area contributed by atoms with Crippen LogP contribution >= 0.6 is 23.1 Å². The Kier molecular flexibility index (Phi) is 7.77. The summed E-state index contributed by atoms with van der Waals surface area (Å²) in [6.45, 7) is 9.64. The lowest BCUT2D eigenvalue weighted by molar-refractivity contribution is -0.111. The number of hydrogen-bond acceptors (Lipinski definition) is 8. The van der Waals surface area contributed by atoms with E-state index < -0.39 is 0 Å². The number of thiazole rings is 1. The van der Waals surface area contributed by atoms with E-state index in [1.807, 2.05) is 31.2 Å². The molecule has 2 heterocycles. The summed E-state index contributed by atoms with van der Waals surface area (Å²) in [5.41, 5.74) is 3.75. The van der Waals surface area contributed by atoms with Gasteiger partial charge in [0, 0.05) is 48.5 Å². The minimum Gasteiger partial charge on any atom is -0.494 e. The zero-order valence-corrected chi connectivity index (χ0v) is 21.3. The molecule has 178 valence electrons. The van der Waals surface area contributed by atoms with Crippen LogP contribution in [-0.4, -0.2) is 56.1 Å². The number of aryl methyl sites for hydroxylation is 1. The van der Waals surface area contributed by atoms with Gasteiger partial charge in [-0.1, -0.05) is 35.7 Å². The minimum atomic E-state index is -0.227. The molecule has 1 aromatic heterocycles. The highest BCUT2D eigenvalue weighted by molar-refractivity contribution is 8.01. The van der Waals surface area contributed by atoms with Gasteiger partial charge in [0.25, 0.3) is 0 Å². The number of aromatic nitrogens is 1. The first-order chi connectivity index (χ1) is 16.4. The first-order valence-electron chi connectivity index (χ1n) is 11.0. The molecule has 7 nitrogen and oxygen atoms in total. The van der Waals surface area contributed by atoms with E-state index in [-0.39, 0.29) is 5.91 Å². The van der Waals surface area contributed by atoms with Crippen molar-refractivity contribution >= 4 is 51.2 Å². The fraction of sp³-hybridized carbons (Fsp3) is 0.280. The molecule has 2 N–H and O–H groups in total. The average Bonchev–Trinajstić information content (AvgIpc) is 3.18. The molecular formula is C25H29N5O2S2. The fourth-order valence-electron chi connectivity index (χ4n) is 3.63. The van der Waals surface area contributed by atoms with Crippen LogP contribution in [0.2, 0.25) is 0 Å². The molecule has 9 heteroatoms. The number of hydrogen-bond donors (Lipinski definition) is 2. The molecule has 3 aromatic rings. The molecule has 1 aliphatic rings. The third kappa shape index (κ3) is 5.91. The summed E-state index contributed by atoms with van der Waals surface area (Å²) in [5.74, 6) is 0.569. The second-order valence-electron chi connectivity index (χ2n) is 8.02. The molecule has 1 aliphatic heterocycles. The zero-order valence-electron chi connectivity index (χ0n) is 19.6. The van der Waals surface area contributed by atoms with Gasteiger partial charge in [-0.05, 0) is 50.4 Å². The van der Waals surface area contributed by atoms with Gasteiger partial charge in [0.1, 0.15) is 5.75 Å². The maximum atomic E-state index is 11.6. The Hall–Kier alpha value is -3.01. The van der Waals surface area contributed by atoms with Crippen LogP contribution in [-0.2, 0) is 4.79 Å². The highest BCUT2D eigenvalue weighted by Gasteiger charge is 2.17. The van der Waals surface area contributed by atoms with Gasteiger partial charge < -0.3 is 25.2 Å². The van der Waals surface area contributed by atoms with Crippen molar-refractivity contribution in [3.8, 4) is 5.75 Å². The molecule has 0 aliphatic carbocycles. The number of likely N-dealkylation sites (N-methyl/N-ethyl adjacent to an activating group) is 1. The average molecular weight is 496 g/mol. The Balaban J connectivity index is 1.47. The van der Waals surface area contributed by atoms with Crippen LogP contribution in [0.15, 0.2) is 64.2 Å². The lowest BCUT2D eigenvalue weighted by Crippen LogP contribution is -2.44. The second kappa shape index (κ2) is 10.9. The van der Waals surface area contributed by atoms with Crippen LogP contribution in [0.4, 0.5) is 22.2 Å². The van der Waals surface area contributed by atoms with Gasteiger partial charge in [0.15, 0.2) is 5.13 Å². The second-order valence-corrected chi connectivity index (χ2v) is 10.4. The highest BCUT2D eigenvalue weighted by atomic mass is 32.2. The van der Waals surface area contributed by atoms with E-state index in [9.17, 15) is 4.79 Å². The van der Waals surface area contributed by atoms with Crippen LogP contribution in [0.25, 0.3) is 0 Å². The summed E-state index contributed by atoms with van der Waals surface area (Å²) in [5, 5.41) is 7.03. The van der Waals surface area contributed by atoms with E-state index in [0.29, 0.717) is 0 Å². The van der Waals surface area contributed by atoms with Crippen molar-refractivity contribution in [2.45, 2.75) is 16.0 Å². The van der Waals surface area contributed by atoms with Gasteiger partial charge in [-0.2, -0.15) is 0 Å². The maximum absolute atomic E-state index is 11.6. The van der Waals surface area contributed by atoms with E-state index in [1.165, 1.54) is 11.8 Å². The zero-order chi connectivity index (χ0) is 24.1. The number of methoxy groups -OCH3 is 1. The molecule has 0 bridgehead atoms. The Bertz CT molecular complexity index is 1170. The van der Waals surface area contributed by atoms with Crippen molar-refractivity contribution in [2.75, 3.05) is 55.9 Å². The van der Waals surface area contributed by atoms with Crippen molar-refractivity contribution in [3.05, 3.63) is 60.8 Å². The molecule has 0 unspecified atom stereocenters. The molecule has 1 saturated heterocycles. The van der Waals surface area contributed by atoms with Gasteiger partial charge in [-0.25, -0.2) is 4.98 Å². The predicted octanol–water partition coefficient (Wildman–Crippen LogP) is 5.23. The topological polar surface area (TPSA) is 69.7 Å². The number of carbonyl (C=O) groups excluding carboxylic acids is 1. The summed E-state index contributed by atoms with van der Waals surface area (Å²) in [6.07, 6.45) is 1.26. The van der Waals surface area contributed by atoms with Crippen LogP contribution in [0.3, 0.4) is 0 Å². The SMILES string of the molecule is C=CC(=O)Nc1cccc(Sc2sc(Nc3ccc(N4CCN(C)CC4)cc3OC)nc2C)c1. The molecule has 0 radical (unpaired) electrons. The number of ether oxygens (including phenoxy) is 1. The molecule has 2 aromatic carbocycles. The molecule has 0 spiro atoms. The van der Waals surface area contributed by atoms with Gasteiger partial charge >= 0.3 is 0 Å². The van der Waals surface area contributed by atoms with Crippen molar-refractivity contribution in [1.82, 2.24) is 9.88 Å². The lowest BCUT2D eigenvalue weighted by atomic mass is 10.2. The number of anilines is 4. The van der Waals surface area contributed by atoms with Gasteiger partial charge in [-0.3, -0.25) is 4.79 Å². The number of benzene rings is 2. The molecule has 1 amide bonds. The van der Waals surface area contributed by atoms with Crippen LogP contribution in [0.1, 0.15) is 5.69 Å². The Morgan fingerprint density at radius 3 is 2.74 bits per heavy atom. The molecule has 1 fully saturated rings. The first kappa shape index (κ1) is 24.1. The van der Waals surface area contributed by atoms with E-state index >= 15 is 0 Å². The van der Waals surface area contributed by atoms with E-state index in [4.69, 9.17) is 9.72 Å². The molecular weight excluding hydrogens is 466 g/mol. The summed E-state index contributed by atoms with van der Waals surface area (Å²) >= 11 is 3.21. The van der Waals surface area contributed by atoms with Gasteiger partial charge in [0.05, 0.1) is 22.7 Å². The summed E-state index contributed by atoms with van der Waals surface area (Å²) in [7, 11) is 3.85. The van der Waals surface area contributed by atoms with E-state index in [2.05, 4.69) is 52.3 Å². The van der Waals surface area contributed by atoms with E-state index in [1.54, 1.807) is 30.2 Å². The van der Waals surface area contributed by atoms with Crippen molar-refractivity contribution < 1.29 is 9.53 Å². The Morgan fingerprint density at radius 2 is 2.00 bits per heavy atom. The summed E-state index contributed by atoms with van der Waals surface area (Å²) < 4.78 is 6.77. The third-order valence-electron chi connectivity index (χ3n) is 5.55. The molecule has 4 rings (SSSR count). The Labute approximate surface area is 208 Å². The Morgan fingerprint density at radius 1 is 1.21 bits per heavy atom. The number of piperazine rings is 1. The van der Waals surface area contributed by atoms with Crippen molar-refractivity contribution in [3.63, 3.8) is 0 Å². The van der Waals surface area contributed by atoms with Crippen molar-refractivity contribution in [1.29, 1.82) is 0 Å². The third-order valence-corrected chi connectivity index (χ3v) is 7.88. The quantitative estimate of drug-likeness (QED) is 0.415. The summed E-state index contributed by atoms with van der Waals surface area (Å²) in [6, 6.07) is 14.0. The largest absolute Gasteiger partial charge is 0.494 e. The van der Waals surface area contributed by atoms with Crippen LogP contribution < -0.4 is 20.3 Å². The summed E-state index contributed by atoms with van der Waals surface area (Å²) in [4.78, 5) is 22.1. The molecule has 34 heavy (non-hydrogen) atoms. The number of nitrogens with one attached hydrogen (secondary N) is 2. The van der Waals surface area contributed by atoms with Gasteiger partial charge in [0.2, 0.25) is 5.91 Å². The first-order valence-corrected chi connectivity index (χ1v) is 12.7. The van der Waals surface area contributed by atoms with Crippen LogP contribution in [0, 0.1) is 6.92 Å². The number of carbonyl (C=O) groups is 1. The van der Waals surface area contributed by atoms with Crippen molar-refractivity contribution in [2.24, 2.45) is 0 Å². The minimum absolute atomic E-state index is 0.227. The highest BCUT2D eigenvalue weighted by Crippen LogP contribution is 2.40. The normalized spacial score (nSPS) is 14.0. The van der Waals surface area contributed by atoms with Gasteiger partial charge in [-0.15, -0.1) is 0 Å². The molecule has 0 atom stereocenters. The maximum Gasteiger partial charge on any atom is 0.247 e. The number of nitrogens with zero attached hydrogens (tertiary/aromatic N) is 3. The standard InChI is InChI=1S/C25H29N5O2S2/c1-5-23(31)27-18-7-6-8-20(15-18)33-24-17(2)26-25(34-24)28-21-10-9-19(16-22(21)32-4)30-13-11-29(3)12-14-30/h5-10,15-16H,1,11-14H2,2-4H3,(H,26,28)(H,27,31). The molecule has 0 saturated carbocycles. The smallest absolute Gasteiger partial charge is 0.247 e. The fourth-order valence-corrected chi connectivity index (χ4v) is 5.77.